The number of benzene rings is 5. The zero-order valence-electron chi connectivity index (χ0n) is 18.4. The fourth-order valence-corrected chi connectivity index (χ4v) is 5.34. The highest BCUT2D eigenvalue weighted by atomic mass is 15.0. The van der Waals surface area contributed by atoms with Crippen molar-refractivity contribution in [3.8, 4) is 16.8 Å². The van der Waals surface area contributed by atoms with Gasteiger partial charge in [-0.25, -0.2) is 0 Å². The monoisotopic (exact) mass is 422 g/mol. The van der Waals surface area contributed by atoms with E-state index in [1.54, 1.807) is 0 Å². The van der Waals surface area contributed by atoms with Gasteiger partial charge in [0.2, 0.25) is 0 Å². The summed E-state index contributed by atoms with van der Waals surface area (Å²) in [4.78, 5) is 0. The Balaban J connectivity index is 1.61. The lowest BCUT2D eigenvalue weighted by Gasteiger charge is -2.08. The Morgan fingerprint density at radius 3 is 1.91 bits per heavy atom. The highest BCUT2D eigenvalue weighted by Crippen LogP contribution is 2.38. The second-order valence-electron chi connectivity index (χ2n) is 8.73. The van der Waals surface area contributed by atoms with Gasteiger partial charge in [-0.2, -0.15) is 0 Å². The molecule has 2 heterocycles. The molecular weight excluding hydrogens is 400 g/mol. The predicted molar refractivity (Wildman–Crippen MR) is 140 cm³/mol. The largest absolute Gasteiger partial charge is 0.344 e. The molecule has 0 aliphatic rings. The summed E-state index contributed by atoms with van der Waals surface area (Å²) in [6.45, 7) is 0. The molecule has 0 radical (unpaired) electrons. The quantitative estimate of drug-likeness (QED) is 0.266. The molecule has 0 saturated carbocycles. The number of rotatable bonds is 2. The maximum absolute atomic E-state index is 2.39. The number of aryl methyl sites for hydroxylation is 1. The number of hydrogen-bond acceptors (Lipinski definition) is 0. The van der Waals surface area contributed by atoms with Crippen molar-refractivity contribution in [3.63, 3.8) is 0 Å². The second kappa shape index (κ2) is 6.85. The molecule has 0 aliphatic heterocycles. The predicted octanol–water partition coefficient (Wildman–Crippen LogP) is 8.10. The molecule has 0 aliphatic carbocycles. The van der Waals surface area contributed by atoms with E-state index in [0.29, 0.717) is 0 Å². The van der Waals surface area contributed by atoms with Crippen LogP contribution in [0.25, 0.3) is 60.4 Å². The molecule has 0 amide bonds. The minimum atomic E-state index is 1.19. The SMILES string of the molecule is Cn1c2ccc(-c3ccccc3)cc2c2cc3c4ccccc4n(-c4ccccc4)c3cc21. The highest BCUT2D eigenvalue weighted by molar-refractivity contribution is 6.19. The van der Waals surface area contributed by atoms with E-state index in [0.717, 1.165) is 0 Å². The first kappa shape index (κ1) is 18.3. The second-order valence-corrected chi connectivity index (χ2v) is 8.73. The van der Waals surface area contributed by atoms with Gasteiger partial charge in [0.15, 0.2) is 0 Å². The molecule has 7 aromatic rings. The van der Waals surface area contributed by atoms with Crippen molar-refractivity contribution in [2.45, 2.75) is 0 Å². The van der Waals surface area contributed by atoms with Crippen molar-refractivity contribution in [3.05, 3.63) is 115 Å². The van der Waals surface area contributed by atoms with Crippen LogP contribution in [0.4, 0.5) is 0 Å². The zero-order valence-corrected chi connectivity index (χ0v) is 18.4. The number of nitrogens with zero attached hydrogens (tertiary/aromatic N) is 2. The van der Waals surface area contributed by atoms with E-state index in [1.165, 1.54) is 60.4 Å². The van der Waals surface area contributed by atoms with Crippen LogP contribution in [0.1, 0.15) is 0 Å². The van der Waals surface area contributed by atoms with Crippen molar-refractivity contribution < 1.29 is 0 Å². The Hall–Kier alpha value is -4.30. The van der Waals surface area contributed by atoms with Gasteiger partial charge in [0.1, 0.15) is 0 Å². The number of para-hydroxylation sites is 2. The first-order chi connectivity index (χ1) is 16.3. The van der Waals surface area contributed by atoms with Gasteiger partial charge >= 0.3 is 0 Å². The summed E-state index contributed by atoms with van der Waals surface area (Å²) in [5.74, 6) is 0. The molecule has 0 saturated heterocycles. The number of aromatic nitrogens is 2. The van der Waals surface area contributed by atoms with Crippen molar-refractivity contribution in [2.75, 3.05) is 0 Å². The lowest BCUT2D eigenvalue weighted by atomic mass is 10.0. The van der Waals surface area contributed by atoms with Crippen molar-refractivity contribution >= 4 is 43.6 Å². The topological polar surface area (TPSA) is 9.86 Å². The van der Waals surface area contributed by atoms with Crippen molar-refractivity contribution in [2.24, 2.45) is 7.05 Å². The van der Waals surface area contributed by atoms with Gasteiger partial charge in [-0.3, -0.25) is 0 Å². The molecule has 33 heavy (non-hydrogen) atoms. The van der Waals surface area contributed by atoms with Gasteiger partial charge < -0.3 is 9.13 Å². The summed E-state index contributed by atoms with van der Waals surface area (Å²) in [7, 11) is 2.17. The average molecular weight is 423 g/mol. The molecule has 2 aromatic heterocycles. The summed E-state index contributed by atoms with van der Waals surface area (Å²) in [6.07, 6.45) is 0. The van der Waals surface area contributed by atoms with E-state index >= 15 is 0 Å². The molecule has 0 spiro atoms. The van der Waals surface area contributed by atoms with Crippen LogP contribution in [0.15, 0.2) is 115 Å². The van der Waals surface area contributed by atoms with Crippen molar-refractivity contribution in [1.82, 2.24) is 9.13 Å². The molecule has 156 valence electrons. The van der Waals surface area contributed by atoms with Gasteiger partial charge in [-0.1, -0.05) is 72.8 Å². The minimum absolute atomic E-state index is 1.19. The molecule has 0 atom stereocenters. The Morgan fingerprint density at radius 1 is 0.424 bits per heavy atom. The molecule has 5 aromatic carbocycles. The normalized spacial score (nSPS) is 11.8. The third-order valence-corrected chi connectivity index (χ3v) is 6.92. The molecule has 0 unspecified atom stereocenters. The lowest BCUT2D eigenvalue weighted by Crippen LogP contribution is -1.93. The fraction of sp³-hybridized carbons (Fsp3) is 0.0323. The van der Waals surface area contributed by atoms with Gasteiger partial charge in [-0.05, 0) is 53.6 Å². The smallest absolute Gasteiger partial charge is 0.0562 e. The third-order valence-electron chi connectivity index (χ3n) is 6.92. The first-order valence-electron chi connectivity index (χ1n) is 11.4. The number of hydrogen-bond donors (Lipinski definition) is 0. The fourth-order valence-electron chi connectivity index (χ4n) is 5.34. The van der Waals surface area contributed by atoms with Crippen LogP contribution in [-0.2, 0) is 7.05 Å². The highest BCUT2D eigenvalue weighted by Gasteiger charge is 2.16. The Kier molecular flexibility index (Phi) is 3.80. The van der Waals surface area contributed by atoms with E-state index in [2.05, 4.69) is 131 Å². The summed E-state index contributed by atoms with van der Waals surface area (Å²) >= 11 is 0. The van der Waals surface area contributed by atoms with E-state index in [9.17, 15) is 0 Å². The number of fused-ring (bicyclic) bond motifs is 6. The van der Waals surface area contributed by atoms with Crippen LogP contribution >= 0.6 is 0 Å². The van der Waals surface area contributed by atoms with Crippen LogP contribution in [0.5, 0.6) is 0 Å². The van der Waals surface area contributed by atoms with Gasteiger partial charge in [0.25, 0.3) is 0 Å². The molecular formula is C31H22N2. The van der Waals surface area contributed by atoms with Gasteiger partial charge in [0, 0.05) is 39.8 Å². The Morgan fingerprint density at radius 2 is 1.09 bits per heavy atom. The van der Waals surface area contributed by atoms with E-state index in [4.69, 9.17) is 0 Å². The Bertz CT molecular complexity index is 1800. The maximum atomic E-state index is 2.39. The molecule has 0 bridgehead atoms. The maximum Gasteiger partial charge on any atom is 0.0562 e. The summed E-state index contributed by atoms with van der Waals surface area (Å²) in [5.41, 5.74) is 8.68. The van der Waals surface area contributed by atoms with Gasteiger partial charge in [-0.15, -0.1) is 0 Å². The summed E-state index contributed by atoms with van der Waals surface area (Å²) in [6, 6.07) is 41.6. The van der Waals surface area contributed by atoms with Crippen LogP contribution < -0.4 is 0 Å². The van der Waals surface area contributed by atoms with Crippen LogP contribution in [0, 0.1) is 0 Å². The first-order valence-corrected chi connectivity index (χ1v) is 11.4. The van der Waals surface area contributed by atoms with E-state index < -0.39 is 0 Å². The average Bonchev–Trinajstić information content (AvgIpc) is 3.35. The zero-order chi connectivity index (χ0) is 21.9. The van der Waals surface area contributed by atoms with Crippen LogP contribution in [0.2, 0.25) is 0 Å². The van der Waals surface area contributed by atoms with Crippen LogP contribution in [0.3, 0.4) is 0 Å². The molecule has 7 rings (SSSR count). The molecule has 2 heteroatoms. The van der Waals surface area contributed by atoms with E-state index in [-0.39, 0.29) is 0 Å². The summed E-state index contributed by atoms with van der Waals surface area (Å²) < 4.78 is 4.71. The molecule has 0 N–H and O–H groups in total. The Labute approximate surface area is 191 Å². The molecule has 2 nitrogen and oxygen atoms in total. The lowest BCUT2D eigenvalue weighted by molar-refractivity contribution is 1.01. The van der Waals surface area contributed by atoms with Crippen molar-refractivity contribution in [1.29, 1.82) is 0 Å². The molecule has 0 fully saturated rings. The van der Waals surface area contributed by atoms with Crippen LogP contribution in [-0.4, -0.2) is 9.13 Å². The van der Waals surface area contributed by atoms with E-state index in [1.807, 2.05) is 0 Å². The standard InChI is InChI=1S/C31H22N2/c1-32-28-17-16-22(21-10-4-2-5-11-21)18-25(28)27-19-26-24-14-8-9-15-29(24)33(31(26)20-30(27)32)23-12-6-3-7-13-23/h2-20H,1H3. The van der Waals surface area contributed by atoms with Gasteiger partial charge in [0.05, 0.1) is 16.6 Å². The third kappa shape index (κ3) is 2.61. The minimum Gasteiger partial charge on any atom is -0.344 e. The summed E-state index contributed by atoms with van der Waals surface area (Å²) in [5, 5.41) is 5.18.